The second kappa shape index (κ2) is 10.5. The molecule has 3 aromatic rings. The van der Waals surface area contributed by atoms with Crippen molar-refractivity contribution in [3.8, 4) is 10.6 Å². The number of hydrogen-bond donors (Lipinski definition) is 2. The zero-order valence-electron chi connectivity index (χ0n) is 17.5. The molecule has 30 heavy (non-hydrogen) atoms. The molecule has 0 saturated heterocycles. The van der Waals surface area contributed by atoms with Gasteiger partial charge in [-0.3, -0.25) is 4.98 Å². The van der Waals surface area contributed by atoms with Crippen molar-refractivity contribution in [3.05, 3.63) is 54.1 Å². The summed E-state index contributed by atoms with van der Waals surface area (Å²) in [6.07, 6.45) is 4.88. The molecule has 163 valence electrons. The molecule has 1 radical (unpaired) electrons. The average molecular weight is 601 g/mol. The molecule has 0 spiro atoms. The summed E-state index contributed by atoms with van der Waals surface area (Å²) >= 11 is 1.73. The quantitative estimate of drug-likeness (QED) is 0.366. The van der Waals surface area contributed by atoms with Crippen molar-refractivity contribution >= 4 is 21.6 Å². The molecule has 2 fully saturated rings. The van der Waals surface area contributed by atoms with Gasteiger partial charge in [0, 0.05) is 35.7 Å². The Morgan fingerprint density at radius 1 is 1.03 bits per heavy atom. The van der Waals surface area contributed by atoms with Gasteiger partial charge >= 0.3 is 0 Å². The Morgan fingerprint density at radius 2 is 1.80 bits per heavy atom. The summed E-state index contributed by atoms with van der Waals surface area (Å²) < 4.78 is 1.23. The third-order valence-corrected chi connectivity index (χ3v) is 7.43. The van der Waals surface area contributed by atoms with Crippen LogP contribution in [0.1, 0.15) is 57.4 Å². The first-order valence-corrected chi connectivity index (χ1v) is 11.6. The minimum atomic E-state index is -0.216. The molecule has 2 aliphatic rings. The number of benzene rings is 2. The predicted molar refractivity (Wildman–Crippen MR) is 120 cm³/mol. The number of thiazole rings is 1. The molecule has 1 aromatic heterocycles. The minimum absolute atomic E-state index is 0. The van der Waals surface area contributed by atoms with Gasteiger partial charge in [-0.25, -0.2) is 0 Å². The Balaban J connectivity index is 0.000000184. The van der Waals surface area contributed by atoms with E-state index < -0.39 is 0 Å². The van der Waals surface area contributed by atoms with E-state index in [2.05, 4.69) is 55.2 Å². The standard InChI is InChI=1S/C16H14NS.C9H16O2.Ir/c1-11(2)12-6-5-7-13(10-12)16-17-14-8-3-4-9-15(14)18-16;10-7-3-1-2-6-4-5-8(11)9(6)7;/h3-6,8-11H,1-2H3;6-11H,1-5H2;/q-1;;. The van der Waals surface area contributed by atoms with E-state index in [1.165, 1.54) is 16.7 Å². The fraction of sp³-hybridized carbons (Fsp3) is 0.480. The third kappa shape index (κ3) is 5.20. The number of nitrogens with zero attached hydrogens (tertiary/aromatic N) is 1. The summed E-state index contributed by atoms with van der Waals surface area (Å²) in [6, 6.07) is 17.9. The van der Waals surface area contributed by atoms with E-state index in [0.717, 1.165) is 41.8 Å². The van der Waals surface area contributed by atoms with Crippen LogP contribution in [0.4, 0.5) is 0 Å². The molecule has 0 bridgehead atoms. The van der Waals surface area contributed by atoms with Gasteiger partial charge < -0.3 is 10.2 Å². The maximum atomic E-state index is 9.59. The van der Waals surface area contributed by atoms with Crippen molar-refractivity contribution in [3.63, 3.8) is 0 Å². The molecule has 5 heteroatoms. The monoisotopic (exact) mass is 601 g/mol. The van der Waals surface area contributed by atoms with E-state index in [4.69, 9.17) is 0 Å². The first-order valence-electron chi connectivity index (χ1n) is 10.8. The number of aliphatic hydroxyl groups is 2. The summed E-state index contributed by atoms with van der Waals surface area (Å²) in [7, 11) is 0. The van der Waals surface area contributed by atoms with Gasteiger partial charge in [0.25, 0.3) is 0 Å². The van der Waals surface area contributed by atoms with Crippen LogP contribution in [0.15, 0.2) is 42.5 Å². The SMILES string of the molecule is CC(C)c1cc[c-]c(-c2nc3ccccc3s2)c1.OC1CCCC2CCC(O)C12.[Ir]. The summed E-state index contributed by atoms with van der Waals surface area (Å²) in [4.78, 5) is 4.67. The largest absolute Gasteiger partial charge is 0.393 e. The smallest absolute Gasteiger partial charge is 0.0697 e. The number of rotatable bonds is 2. The van der Waals surface area contributed by atoms with E-state index >= 15 is 0 Å². The maximum absolute atomic E-state index is 9.59. The maximum Gasteiger partial charge on any atom is 0.0697 e. The zero-order chi connectivity index (χ0) is 20.4. The van der Waals surface area contributed by atoms with Gasteiger partial charge in [-0.15, -0.1) is 35.4 Å². The zero-order valence-corrected chi connectivity index (χ0v) is 20.8. The summed E-state index contributed by atoms with van der Waals surface area (Å²) in [5.74, 6) is 1.37. The number of aliphatic hydroxyl groups excluding tert-OH is 2. The van der Waals surface area contributed by atoms with Crippen molar-refractivity contribution in [2.24, 2.45) is 11.8 Å². The summed E-state index contributed by atoms with van der Waals surface area (Å²) in [5.41, 5.74) is 3.51. The van der Waals surface area contributed by atoms with Crippen LogP contribution in [0, 0.1) is 17.9 Å². The molecule has 2 saturated carbocycles. The fourth-order valence-electron chi connectivity index (χ4n) is 4.73. The molecule has 4 atom stereocenters. The van der Waals surface area contributed by atoms with Gasteiger partial charge in [0.1, 0.15) is 0 Å². The average Bonchev–Trinajstić information content (AvgIpc) is 3.33. The topological polar surface area (TPSA) is 53.4 Å². The second-order valence-corrected chi connectivity index (χ2v) is 9.69. The van der Waals surface area contributed by atoms with Gasteiger partial charge in [-0.2, -0.15) is 11.3 Å². The molecular weight excluding hydrogens is 571 g/mol. The number of aromatic nitrogens is 1. The van der Waals surface area contributed by atoms with Crippen molar-refractivity contribution in [1.29, 1.82) is 0 Å². The molecule has 5 rings (SSSR count). The summed E-state index contributed by atoms with van der Waals surface area (Å²) in [5, 5.41) is 20.2. The van der Waals surface area contributed by atoms with E-state index in [1.807, 2.05) is 12.1 Å². The molecule has 0 aliphatic heterocycles. The van der Waals surface area contributed by atoms with E-state index in [-0.39, 0.29) is 38.2 Å². The Bertz CT molecular complexity index is 922. The fourth-order valence-corrected chi connectivity index (χ4v) is 5.67. The number of fused-ring (bicyclic) bond motifs is 2. The van der Waals surface area contributed by atoms with Crippen LogP contribution in [-0.4, -0.2) is 27.4 Å². The van der Waals surface area contributed by atoms with Gasteiger partial charge in [0.2, 0.25) is 0 Å². The third-order valence-electron chi connectivity index (χ3n) is 6.36. The van der Waals surface area contributed by atoms with Crippen LogP contribution in [0.5, 0.6) is 0 Å². The van der Waals surface area contributed by atoms with Gasteiger partial charge in [0.15, 0.2) is 0 Å². The van der Waals surface area contributed by atoms with Crippen LogP contribution < -0.4 is 0 Å². The van der Waals surface area contributed by atoms with E-state index in [9.17, 15) is 10.2 Å². The van der Waals surface area contributed by atoms with Crippen LogP contribution in [0.2, 0.25) is 0 Å². The Labute approximate surface area is 196 Å². The van der Waals surface area contributed by atoms with Crippen molar-refractivity contribution in [2.75, 3.05) is 0 Å². The number of para-hydroxylation sites is 1. The Hall–Kier alpha value is -1.10. The van der Waals surface area contributed by atoms with Gasteiger partial charge in [-0.05, 0) is 49.7 Å². The van der Waals surface area contributed by atoms with Crippen LogP contribution in [0.3, 0.4) is 0 Å². The van der Waals surface area contributed by atoms with Gasteiger partial charge in [-0.1, -0.05) is 32.4 Å². The first kappa shape index (κ1) is 23.6. The van der Waals surface area contributed by atoms with Crippen molar-refractivity contribution in [2.45, 2.75) is 64.1 Å². The van der Waals surface area contributed by atoms with Crippen LogP contribution in [0.25, 0.3) is 20.8 Å². The normalized spacial score (nSPS) is 25.4. The summed E-state index contributed by atoms with van der Waals surface area (Å²) in [6.45, 7) is 4.41. The molecule has 2 aromatic carbocycles. The predicted octanol–water partition coefficient (Wildman–Crippen LogP) is 5.80. The second-order valence-electron chi connectivity index (χ2n) is 8.66. The van der Waals surface area contributed by atoms with Crippen molar-refractivity contribution in [1.82, 2.24) is 4.98 Å². The molecule has 1 heterocycles. The molecular formula is C25H30IrNO2S-. The number of hydrogen-bond acceptors (Lipinski definition) is 4. The molecule has 3 nitrogen and oxygen atoms in total. The Kier molecular flexibility index (Phi) is 8.23. The van der Waals surface area contributed by atoms with Crippen LogP contribution in [-0.2, 0) is 20.1 Å². The molecule has 0 amide bonds. The van der Waals surface area contributed by atoms with E-state index in [0.29, 0.717) is 11.8 Å². The van der Waals surface area contributed by atoms with Gasteiger partial charge in [0.05, 0.1) is 17.7 Å². The Morgan fingerprint density at radius 3 is 2.53 bits per heavy atom. The molecule has 2 N–H and O–H groups in total. The molecule has 2 aliphatic carbocycles. The minimum Gasteiger partial charge on any atom is -0.393 e. The molecule has 4 unspecified atom stereocenters. The first-order chi connectivity index (χ1) is 14.0. The van der Waals surface area contributed by atoms with Crippen LogP contribution >= 0.6 is 11.3 Å². The van der Waals surface area contributed by atoms with E-state index in [1.54, 1.807) is 11.3 Å². The van der Waals surface area contributed by atoms with Crippen molar-refractivity contribution < 1.29 is 30.3 Å².